The summed E-state index contributed by atoms with van der Waals surface area (Å²) in [5.41, 5.74) is 1.08. The number of methoxy groups -OCH3 is 2. The molecule has 1 N–H and O–H groups in total. The van der Waals surface area contributed by atoms with Crippen LogP contribution in [0.1, 0.15) is 10.4 Å². The topological polar surface area (TPSA) is 84.9 Å². The molecule has 0 radical (unpaired) electrons. The van der Waals surface area contributed by atoms with E-state index in [2.05, 4.69) is 5.32 Å². The number of hydrogen-bond acceptors (Lipinski definition) is 5. The van der Waals surface area contributed by atoms with Gasteiger partial charge in [0.15, 0.2) is 11.5 Å². The lowest BCUT2D eigenvalue weighted by atomic mass is 10.2. The maximum Gasteiger partial charge on any atom is 0.257 e. The summed E-state index contributed by atoms with van der Waals surface area (Å²) in [6.45, 7) is 0. The normalized spacial score (nSPS) is 11.0. The van der Waals surface area contributed by atoms with Crippen molar-refractivity contribution in [1.82, 2.24) is 0 Å². The number of nitrogens with zero attached hydrogens (tertiary/aromatic N) is 1. The minimum atomic E-state index is -3.42. The number of anilines is 2. The third kappa shape index (κ3) is 4.39. The predicted octanol–water partition coefficient (Wildman–Crippen LogP) is 3.01. The standard InChI is InChI=1S/C17H19ClN2O5S/c1-20(26(4,22)23)12-6-7-13(14(18)10-12)17(21)19-11-5-8-15(24-2)16(9-11)25-3/h5-10H,1-4H3,(H,19,21). The van der Waals surface area contributed by atoms with E-state index in [1.807, 2.05) is 0 Å². The number of sulfonamides is 1. The lowest BCUT2D eigenvalue weighted by molar-refractivity contribution is 0.102. The van der Waals surface area contributed by atoms with Gasteiger partial charge in [0.2, 0.25) is 10.0 Å². The van der Waals surface area contributed by atoms with E-state index >= 15 is 0 Å². The van der Waals surface area contributed by atoms with Crippen molar-refractivity contribution < 1.29 is 22.7 Å². The molecule has 0 saturated heterocycles. The molecule has 9 heteroatoms. The Morgan fingerprint density at radius 2 is 1.73 bits per heavy atom. The molecule has 0 heterocycles. The van der Waals surface area contributed by atoms with Crippen LogP contribution in [-0.4, -0.2) is 41.8 Å². The molecule has 2 aromatic carbocycles. The highest BCUT2D eigenvalue weighted by Crippen LogP contribution is 2.30. The molecule has 0 bridgehead atoms. The number of nitrogens with one attached hydrogen (secondary N) is 1. The summed E-state index contributed by atoms with van der Waals surface area (Å²) in [6.07, 6.45) is 1.08. The van der Waals surface area contributed by atoms with Gasteiger partial charge in [-0.15, -0.1) is 0 Å². The minimum absolute atomic E-state index is 0.135. The maximum atomic E-state index is 12.5. The Bertz CT molecular complexity index is 931. The number of halogens is 1. The van der Waals surface area contributed by atoms with Crippen LogP contribution in [0, 0.1) is 0 Å². The van der Waals surface area contributed by atoms with E-state index in [4.69, 9.17) is 21.1 Å². The van der Waals surface area contributed by atoms with Gasteiger partial charge in [0, 0.05) is 18.8 Å². The average Bonchev–Trinajstić information content (AvgIpc) is 2.59. The molecule has 0 spiro atoms. The molecule has 2 aromatic rings. The second-order valence-corrected chi connectivity index (χ2v) is 7.84. The molecule has 0 unspecified atom stereocenters. The Kier molecular flexibility index (Phi) is 5.99. The number of rotatable bonds is 6. The van der Waals surface area contributed by atoms with E-state index in [1.54, 1.807) is 18.2 Å². The van der Waals surface area contributed by atoms with Crippen LogP contribution in [0.25, 0.3) is 0 Å². The van der Waals surface area contributed by atoms with E-state index in [9.17, 15) is 13.2 Å². The van der Waals surface area contributed by atoms with Gasteiger partial charge in [0.05, 0.1) is 36.7 Å². The molecule has 2 rings (SSSR count). The molecule has 0 aliphatic carbocycles. The SMILES string of the molecule is COc1ccc(NC(=O)c2ccc(N(C)S(C)(=O)=O)cc2Cl)cc1OC. The van der Waals surface area contributed by atoms with E-state index in [1.165, 1.54) is 39.5 Å². The number of carbonyl (C=O) groups is 1. The Morgan fingerprint density at radius 1 is 1.08 bits per heavy atom. The number of benzene rings is 2. The largest absolute Gasteiger partial charge is 0.493 e. The van der Waals surface area contributed by atoms with Crippen LogP contribution in [0.4, 0.5) is 11.4 Å². The van der Waals surface area contributed by atoms with Gasteiger partial charge in [0.1, 0.15) is 0 Å². The van der Waals surface area contributed by atoms with Crippen LogP contribution in [0.3, 0.4) is 0 Å². The summed E-state index contributed by atoms with van der Waals surface area (Å²) < 4.78 is 34.6. The van der Waals surface area contributed by atoms with Crippen molar-refractivity contribution >= 4 is 38.9 Å². The summed E-state index contributed by atoms with van der Waals surface area (Å²) in [5, 5.41) is 2.85. The fourth-order valence-electron chi connectivity index (χ4n) is 2.19. The first-order chi connectivity index (χ1) is 12.2. The van der Waals surface area contributed by atoms with Gasteiger partial charge in [0.25, 0.3) is 5.91 Å². The third-order valence-electron chi connectivity index (χ3n) is 3.70. The van der Waals surface area contributed by atoms with Gasteiger partial charge in [-0.2, -0.15) is 0 Å². The van der Waals surface area contributed by atoms with Crippen LogP contribution in [-0.2, 0) is 10.0 Å². The van der Waals surface area contributed by atoms with Crippen LogP contribution < -0.4 is 19.1 Å². The second-order valence-electron chi connectivity index (χ2n) is 5.42. The number of amides is 1. The Hall–Kier alpha value is -2.45. The lowest BCUT2D eigenvalue weighted by Gasteiger charge is -2.17. The van der Waals surface area contributed by atoms with E-state index < -0.39 is 15.9 Å². The minimum Gasteiger partial charge on any atom is -0.493 e. The Balaban J connectivity index is 2.25. The highest BCUT2D eigenvalue weighted by molar-refractivity contribution is 7.92. The quantitative estimate of drug-likeness (QED) is 0.808. The molecular formula is C17H19ClN2O5S. The maximum absolute atomic E-state index is 12.5. The van der Waals surface area contributed by atoms with Crippen molar-refractivity contribution in [3.8, 4) is 11.5 Å². The zero-order valence-corrected chi connectivity index (χ0v) is 16.3. The molecule has 1 amide bonds. The number of ether oxygens (including phenoxy) is 2. The lowest BCUT2D eigenvalue weighted by Crippen LogP contribution is -2.25. The van der Waals surface area contributed by atoms with Crippen LogP contribution in [0.15, 0.2) is 36.4 Å². The smallest absolute Gasteiger partial charge is 0.257 e. The fraction of sp³-hybridized carbons (Fsp3) is 0.235. The van der Waals surface area contributed by atoms with Gasteiger partial charge in [-0.05, 0) is 30.3 Å². The van der Waals surface area contributed by atoms with Crippen molar-refractivity contribution in [2.24, 2.45) is 0 Å². The first-order valence-corrected chi connectivity index (χ1v) is 9.67. The molecule has 0 atom stereocenters. The zero-order valence-electron chi connectivity index (χ0n) is 14.7. The van der Waals surface area contributed by atoms with Crippen molar-refractivity contribution in [2.45, 2.75) is 0 Å². The molecule has 140 valence electrons. The Morgan fingerprint density at radius 3 is 2.27 bits per heavy atom. The average molecular weight is 399 g/mol. The second kappa shape index (κ2) is 7.84. The van der Waals surface area contributed by atoms with Crippen molar-refractivity contribution in [2.75, 3.05) is 37.1 Å². The monoisotopic (exact) mass is 398 g/mol. The molecular weight excluding hydrogens is 380 g/mol. The molecule has 7 nitrogen and oxygen atoms in total. The van der Waals surface area contributed by atoms with Crippen molar-refractivity contribution in [3.05, 3.63) is 47.0 Å². The van der Waals surface area contributed by atoms with E-state index in [0.717, 1.165) is 10.6 Å². The fourth-order valence-corrected chi connectivity index (χ4v) is 2.95. The first-order valence-electron chi connectivity index (χ1n) is 7.44. The summed E-state index contributed by atoms with van der Waals surface area (Å²) in [5.74, 6) is 0.578. The first kappa shape index (κ1) is 19.9. The van der Waals surface area contributed by atoms with Crippen LogP contribution >= 0.6 is 11.6 Å². The van der Waals surface area contributed by atoms with Crippen LogP contribution in [0.5, 0.6) is 11.5 Å². The number of carbonyl (C=O) groups excluding carboxylic acids is 1. The zero-order chi connectivity index (χ0) is 19.5. The van der Waals surface area contributed by atoms with Gasteiger partial charge < -0.3 is 14.8 Å². The highest BCUT2D eigenvalue weighted by Gasteiger charge is 2.17. The molecule has 0 aromatic heterocycles. The predicted molar refractivity (Wildman–Crippen MR) is 102 cm³/mol. The molecule has 0 aliphatic rings. The molecule has 0 saturated carbocycles. The summed E-state index contributed by atoms with van der Waals surface area (Å²) in [6, 6.07) is 9.35. The summed E-state index contributed by atoms with van der Waals surface area (Å²) >= 11 is 6.16. The molecule has 0 aliphatic heterocycles. The molecule has 26 heavy (non-hydrogen) atoms. The van der Waals surface area contributed by atoms with E-state index in [-0.39, 0.29) is 10.6 Å². The highest BCUT2D eigenvalue weighted by atomic mass is 35.5. The Labute approximate surface area is 157 Å². The summed E-state index contributed by atoms with van der Waals surface area (Å²) in [4.78, 5) is 12.5. The molecule has 0 fully saturated rings. The van der Waals surface area contributed by atoms with Gasteiger partial charge in [-0.3, -0.25) is 9.10 Å². The van der Waals surface area contributed by atoms with E-state index in [0.29, 0.717) is 22.9 Å². The third-order valence-corrected chi connectivity index (χ3v) is 5.22. The van der Waals surface area contributed by atoms with Crippen LogP contribution in [0.2, 0.25) is 5.02 Å². The number of hydrogen-bond donors (Lipinski definition) is 1. The van der Waals surface area contributed by atoms with Crippen molar-refractivity contribution in [1.29, 1.82) is 0 Å². The van der Waals surface area contributed by atoms with Gasteiger partial charge >= 0.3 is 0 Å². The van der Waals surface area contributed by atoms with Crippen molar-refractivity contribution in [3.63, 3.8) is 0 Å². The van der Waals surface area contributed by atoms with Gasteiger partial charge in [-0.25, -0.2) is 8.42 Å². The summed E-state index contributed by atoms with van der Waals surface area (Å²) in [7, 11) is 1.00. The van der Waals surface area contributed by atoms with Gasteiger partial charge in [-0.1, -0.05) is 11.6 Å².